The van der Waals surface area contributed by atoms with Crippen LogP contribution in [0.5, 0.6) is 0 Å². The summed E-state index contributed by atoms with van der Waals surface area (Å²) in [6, 6.07) is 1.60. The molecule has 19 heavy (non-hydrogen) atoms. The lowest BCUT2D eigenvalue weighted by atomic mass is 10.1. The van der Waals surface area contributed by atoms with E-state index in [0.717, 1.165) is 23.4 Å². The van der Waals surface area contributed by atoms with E-state index in [0.29, 0.717) is 0 Å². The van der Waals surface area contributed by atoms with Gasteiger partial charge in [-0.1, -0.05) is 0 Å². The first-order chi connectivity index (χ1) is 8.90. The number of hydrogen-bond donors (Lipinski definition) is 3. The molecule has 0 spiro atoms. The Labute approximate surface area is 107 Å². The molecule has 0 radical (unpaired) electrons. The molecular formula is C12H12F2N4O. The number of H-pyrrole nitrogens is 1. The number of nitrogens with zero attached hydrogens (tertiary/aromatic N) is 1. The molecule has 100 valence electrons. The fourth-order valence-corrected chi connectivity index (χ4v) is 1.56. The lowest BCUT2D eigenvalue weighted by molar-refractivity contribution is 0.102. The summed E-state index contributed by atoms with van der Waals surface area (Å²) in [5.41, 5.74) is 5.89. The van der Waals surface area contributed by atoms with Gasteiger partial charge >= 0.3 is 0 Å². The van der Waals surface area contributed by atoms with Crippen LogP contribution >= 0.6 is 0 Å². The summed E-state index contributed by atoms with van der Waals surface area (Å²) < 4.78 is 26.8. The zero-order chi connectivity index (χ0) is 14.2. The minimum Gasteiger partial charge on any atom is -0.396 e. The number of nitrogens with one attached hydrogen (secondary N) is 2. The zero-order valence-electron chi connectivity index (χ0n) is 10.3. The van der Waals surface area contributed by atoms with E-state index in [4.69, 9.17) is 5.73 Å². The monoisotopic (exact) mass is 266 g/mol. The first-order valence-electron chi connectivity index (χ1n) is 5.47. The highest BCUT2D eigenvalue weighted by atomic mass is 19.1. The van der Waals surface area contributed by atoms with E-state index < -0.39 is 28.8 Å². The first kappa shape index (κ1) is 13.0. The highest BCUT2D eigenvalue weighted by molar-refractivity contribution is 6.04. The molecule has 0 atom stereocenters. The largest absolute Gasteiger partial charge is 0.396 e. The van der Waals surface area contributed by atoms with Crippen LogP contribution in [-0.4, -0.2) is 16.1 Å². The van der Waals surface area contributed by atoms with Gasteiger partial charge in [0.1, 0.15) is 5.82 Å². The molecule has 0 bridgehead atoms. The molecule has 7 heteroatoms. The summed E-state index contributed by atoms with van der Waals surface area (Å²) in [6.07, 6.45) is 0. The van der Waals surface area contributed by atoms with Gasteiger partial charge < -0.3 is 11.1 Å². The summed E-state index contributed by atoms with van der Waals surface area (Å²) in [7, 11) is 0. The van der Waals surface area contributed by atoms with E-state index in [2.05, 4.69) is 15.5 Å². The Balaban J connectivity index is 2.33. The smallest absolute Gasteiger partial charge is 0.260 e. The number of anilines is 2. The van der Waals surface area contributed by atoms with E-state index in [1.54, 1.807) is 13.8 Å². The summed E-state index contributed by atoms with van der Waals surface area (Å²) in [4.78, 5) is 11.9. The van der Waals surface area contributed by atoms with Crippen LogP contribution in [0.1, 0.15) is 21.6 Å². The molecule has 2 rings (SSSR count). The number of rotatable bonds is 2. The summed E-state index contributed by atoms with van der Waals surface area (Å²) in [5.74, 6) is -2.27. The molecule has 1 heterocycles. The molecule has 1 aromatic heterocycles. The van der Waals surface area contributed by atoms with Gasteiger partial charge in [-0.25, -0.2) is 8.78 Å². The number of aryl methyl sites for hydroxylation is 1. The van der Waals surface area contributed by atoms with Crippen molar-refractivity contribution in [2.75, 3.05) is 11.1 Å². The van der Waals surface area contributed by atoms with Crippen molar-refractivity contribution in [1.82, 2.24) is 10.2 Å². The van der Waals surface area contributed by atoms with E-state index in [-0.39, 0.29) is 5.82 Å². The van der Waals surface area contributed by atoms with Crippen molar-refractivity contribution in [3.8, 4) is 0 Å². The number of hydrogen-bond acceptors (Lipinski definition) is 3. The Hall–Kier alpha value is -2.44. The molecule has 0 saturated heterocycles. The maximum Gasteiger partial charge on any atom is 0.260 e. The number of nitrogens with two attached hydrogens (primary N) is 1. The van der Waals surface area contributed by atoms with Gasteiger partial charge in [0, 0.05) is 11.3 Å². The standard InChI is InChI=1S/C12H12F2N4O/c1-5-6(2)17-18-11(5)16-12(19)8-3-7(13)4-9(15)10(8)14/h3-4H,15H2,1-2H3,(H2,16,17,18,19). The number of aromatic nitrogens is 2. The van der Waals surface area contributed by atoms with Crippen LogP contribution in [-0.2, 0) is 0 Å². The highest BCUT2D eigenvalue weighted by Gasteiger charge is 2.18. The fourth-order valence-electron chi connectivity index (χ4n) is 1.56. The molecule has 4 N–H and O–H groups in total. The van der Waals surface area contributed by atoms with Crippen LogP contribution in [0, 0.1) is 25.5 Å². The van der Waals surface area contributed by atoms with Gasteiger partial charge in [-0.2, -0.15) is 5.10 Å². The summed E-state index contributed by atoms with van der Waals surface area (Å²) >= 11 is 0. The van der Waals surface area contributed by atoms with E-state index in [9.17, 15) is 13.6 Å². The highest BCUT2D eigenvalue weighted by Crippen LogP contribution is 2.20. The molecule has 0 aliphatic rings. The Kier molecular flexibility index (Phi) is 3.20. The maximum atomic E-state index is 13.7. The minimum absolute atomic E-state index is 0.268. The van der Waals surface area contributed by atoms with Crippen molar-refractivity contribution in [2.45, 2.75) is 13.8 Å². The van der Waals surface area contributed by atoms with Crippen LogP contribution in [0.25, 0.3) is 0 Å². The van der Waals surface area contributed by atoms with Crippen molar-refractivity contribution in [2.24, 2.45) is 0 Å². The summed E-state index contributed by atoms with van der Waals surface area (Å²) in [6.45, 7) is 3.52. The molecule has 0 unspecified atom stereocenters. The third-order valence-corrected chi connectivity index (χ3v) is 2.80. The third kappa shape index (κ3) is 2.40. The van der Waals surface area contributed by atoms with Crippen molar-refractivity contribution < 1.29 is 13.6 Å². The quantitative estimate of drug-likeness (QED) is 0.728. The molecule has 2 aromatic rings. The number of carbonyl (C=O) groups excluding carboxylic acids is 1. The topological polar surface area (TPSA) is 83.8 Å². The van der Waals surface area contributed by atoms with E-state index in [1.807, 2.05) is 0 Å². The van der Waals surface area contributed by atoms with Crippen molar-refractivity contribution in [3.63, 3.8) is 0 Å². The fraction of sp³-hybridized carbons (Fsp3) is 0.167. The summed E-state index contributed by atoms with van der Waals surface area (Å²) in [5, 5.41) is 8.92. The maximum absolute atomic E-state index is 13.7. The number of nitrogen functional groups attached to an aromatic ring is 1. The number of amides is 1. The van der Waals surface area contributed by atoms with Crippen LogP contribution < -0.4 is 11.1 Å². The van der Waals surface area contributed by atoms with Crippen LogP contribution in [0.3, 0.4) is 0 Å². The Bertz CT molecular complexity index is 651. The predicted octanol–water partition coefficient (Wildman–Crippen LogP) is 2.14. The molecule has 0 fully saturated rings. The van der Waals surface area contributed by atoms with Gasteiger partial charge in [0.2, 0.25) is 0 Å². The normalized spacial score (nSPS) is 10.5. The van der Waals surface area contributed by atoms with Gasteiger partial charge in [0.15, 0.2) is 11.6 Å². The number of benzene rings is 1. The lowest BCUT2D eigenvalue weighted by Crippen LogP contribution is -2.16. The van der Waals surface area contributed by atoms with E-state index in [1.165, 1.54) is 0 Å². The average Bonchev–Trinajstić information content (AvgIpc) is 2.65. The number of carbonyl (C=O) groups is 1. The molecule has 1 aromatic carbocycles. The van der Waals surface area contributed by atoms with Gasteiger partial charge in [0.05, 0.1) is 11.3 Å². The van der Waals surface area contributed by atoms with E-state index >= 15 is 0 Å². The van der Waals surface area contributed by atoms with Gasteiger partial charge in [-0.3, -0.25) is 9.89 Å². The second-order valence-electron chi connectivity index (χ2n) is 4.13. The SMILES string of the molecule is Cc1[nH]nc(NC(=O)c2cc(F)cc(N)c2F)c1C. The first-order valence-corrected chi connectivity index (χ1v) is 5.47. The van der Waals surface area contributed by atoms with Crippen molar-refractivity contribution >= 4 is 17.4 Å². The van der Waals surface area contributed by atoms with Crippen molar-refractivity contribution in [1.29, 1.82) is 0 Å². The zero-order valence-corrected chi connectivity index (χ0v) is 10.3. The molecule has 5 nitrogen and oxygen atoms in total. The van der Waals surface area contributed by atoms with Gasteiger partial charge in [0.25, 0.3) is 5.91 Å². The Morgan fingerprint density at radius 1 is 1.37 bits per heavy atom. The van der Waals surface area contributed by atoms with Crippen LogP contribution in [0.2, 0.25) is 0 Å². The molecule has 0 aliphatic carbocycles. The lowest BCUT2D eigenvalue weighted by Gasteiger charge is -2.06. The Morgan fingerprint density at radius 2 is 2.05 bits per heavy atom. The second kappa shape index (κ2) is 4.68. The number of aromatic amines is 1. The number of halogens is 2. The molecular weight excluding hydrogens is 254 g/mol. The van der Waals surface area contributed by atoms with Gasteiger partial charge in [-0.15, -0.1) is 0 Å². The second-order valence-corrected chi connectivity index (χ2v) is 4.13. The minimum atomic E-state index is -0.955. The Morgan fingerprint density at radius 3 is 2.63 bits per heavy atom. The average molecular weight is 266 g/mol. The molecule has 0 saturated carbocycles. The van der Waals surface area contributed by atoms with Crippen molar-refractivity contribution in [3.05, 3.63) is 40.6 Å². The van der Waals surface area contributed by atoms with Crippen LogP contribution in [0.4, 0.5) is 20.3 Å². The molecule has 1 amide bonds. The third-order valence-electron chi connectivity index (χ3n) is 2.80. The van der Waals surface area contributed by atoms with Crippen LogP contribution in [0.15, 0.2) is 12.1 Å². The molecule has 0 aliphatic heterocycles. The predicted molar refractivity (Wildman–Crippen MR) is 66.8 cm³/mol. The van der Waals surface area contributed by atoms with Gasteiger partial charge in [-0.05, 0) is 26.0 Å².